The van der Waals surface area contributed by atoms with Crippen molar-refractivity contribution in [3.8, 4) is 0 Å². The number of aryl methyl sites for hydroxylation is 2. The molecule has 0 aliphatic carbocycles. The lowest BCUT2D eigenvalue weighted by atomic mass is 9.92. The number of hydrogen-bond acceptors (Lipinski definition) is 1. The van der Waals surface area contributed by atoms with Crippen molar-refractivity contribution in [1.29, 1.82) is 0 Å². The van der Waals surface area contributed by atoms with Gasteiger partial charge in [0.1, 0.15) is 5.82 Å². The third-order valence-electron chi connectivity index (χ3n) is 3.76. The van der Waals surface area contributed by atoms with Crippen LogP contribution in [0.5, 0.6) is 0 Å². The second-order valence-corrected chi connectivity index (χ2v) is 6.36. The highest BCUT2D eigenvalue weighted by Gasteiger charge is 2.21. The highest BCUT2D eigenvalue weighted by molar-refractivity contribution is 5.82. The van der Waals surface area contributed by atoms with E-state index in [-0.39, 0.29) is 17.8 Å². The van der Waals surface area contributed by atoms with Gasteiger partial charge in [-0.2, -0.15) is 0 Å². The molecular weight excluding hydrogens is 253 g/mol. The van der Waals surface area contributed by atoms with Gasteiger partial charge in [0.2, 0.25) is 0 Å². The van der Waals surface area contributed by atoms with Crippen molar-refractivity contribution in [2.24, 2.45) is 0 Å². The molecule has 110 valence electrons. The fraction of sp³-hybridized carbons (Fsp3) is 0.529. The van der Waals surface area contributed by atoms with Gasteiger partial charge in [0.25, 0.3) is 0 Å². The Morgan fingerprint density at radius 1 is 1.20 bits per heavy atom. The maximum atomic E-state index is 14.1. The maximum Gasteiger partial charge on any atom is 0.128 e. The molecule has 1 aromatic heterocycles. The predicted octanol–water partition coefficient (Wildman–Crippen LogP) is 4.02. The van der Waals surface area contributed by atoms with Gasteiger partial charge in [-0.05, 0) is 36.6 Å². The standard InChI is InChI=1S/C17H24FNO/c1-5-12-9-13-10-16(17(2,3)4)19(7-6-8-20)15(13)11-14(12)18/h9-11,20H,5-8H2,1-4H3. The Morgan fingerprint density at radius 3 is 2.45 bits per heavy atom. The minimum Gasteiger partial charge on any atom is -0.396 e. The second kappa shape index (κ2) is 5.57. The van der Waals surface area contributed by atoms with Crippen molar-refractivity contribution >= 4 is 10.9 Å². The summed E-state index contributed by atoms with van der Waals surface area (Å²) in [5, 5.41) is 10.2. The van der Waals surface area contributed by atoms with Crippen LogP contribution in [0.1, 0.15) is 45.4 Å². The van der Waals surface area contributed by atoms with Gasteiger partial charge in [-0.1, -0.05) is 27.7 Å². The molecule has 0 saturated carbocycles. The number of aliphatic hydroxyl groups is 1. The quantitative estimate of drug-likeness (QED) is 0.897. The van der Waals surface area contributed by atoms with Crippen molar-refractivity contribution in [2.45, 2.75) is 52.5 Å². The van der Waals surface area contributed by atoms with Gasteiger partial charge in [0, 0.05) is 29.6 Å². The number of fused-ring (bicyclic) bond motifs is 1. The van der Waals surface area contributed by atoms with E-state index in [0.717, 1.165) is 23.0 Å². The molecule has 0 aliphatic heterocycles. The van der Waals surface area contributed by atoms with E-state index in [0.29, 0.717) is 12.8 Å². The molecule has 0 spiro atoms. The van der Waals surface area contributed by atoms with Gasteiger partial charge in [-0.25, -0.2) is 4.39 Å². The predicted molar refractivity (Wildman–Crippen MR) is 81.7 cm³/mol. The Bertz CT molecular complexity index is 607. The van der Waals surface area contributed by atoms with Crippen molar-refractivity contribution < 1.29 is 9.50 Å². The summed E-state index contributed by atoms with van der Waals surface area (Å²) in [5.41, 5.74) is 2.88. The van der Waals surface area contributed by atoms with Crippen molar-refractivity contribution in [2.75, 3.05) is 6.61 Å². The van der Waals surface area contributed by atoms with Crippen LogP contribution < -0.4 is 0 Å². The normalized spacial score (nSPS) is 12.3. The molecule has 0 amide bonds. The fourth-order valence-corrected chi connectivity index (χ4v) is 2.69. The van der Waals surface area contributed by atoms with Crippen molar-refractivity contribution in [1.82, 2.24) is 4.57 Å². The van der Waals surface area contributed by atoms with Crippen LogP contribution >= 0.6 is 0 Å². The molecule has 0 fully saturated rings. The number of aliphatic hydroxyl groups excluding tert-OH is 1. The molecule has 0 radical (unpaired) electrons. The molecular formula is C17H24FNO. The highest BCUT2D eigenvalue weighted by Crippen LogP contribution is 2.31. The van der Waals surface area contributed by atoms with Gasteiger partial charge in [-0.3, -0.25) is 0 Å². The molecule has 2 nitrogen and oxygen atoms in total. The summed E-state index contributed by atoms with van der Waals surface area (Å²) in [6, 6.07) is 5.75. The number of benzene rings is 1. The average molecular weight is 277 g/mol. The maximum absolute atomic E-state index is 14.1. The zero-order chi connectivity index (χ0) is 14.9. The third kappa shape index (κ3) is 2.73. The summed E-state index contributed by atoms with van der Waals surface area (Å²) in [5.74, 6) is -0.135. The Labute approximate surface area is 120 Å². The van der Waals surface area contributed by atoms with E-state index in [1.807, 2.05) is 13.0 Å². The van der Waals surface area contributed by atoms with Gasteiger partial charge in [0.15, 0.2) is 0 Å². The van der Waals surface area contributed by atoms with E-state index in [2.05, 4.69) is 31.4 Å². The van der Waals surface area contributed by atoms with Gasteiger partial charge >= 0.3 is 0 Å². The van der Waals surface area contributed by atoms with Gasteiger partial charge in [0.05, 0.1) is 5.52 Å². The monoisotopic (exact) mass is 277 g/mol. The largest absolute Gasteiger partial charge is 0.396 e. The average Bonchev–Trinajstić information content (AvgIpc) is 2.73. The van der Waals surface area contributed by atoms with Crippen LogP contribution in [0.25, 0.3) is 10.9 Å². The van der Waals surface area contributed by atoms with Crippen LogP contribution in [-0.2, 0) is 18.4 Å². The lowest BCUT2D eigenvalue weighted by Gasteiger charge is -2.22. The molecule has 2 aromatic rings. The molecule has 1 N–H and O–H groups in total. The first-order valence-corrected chi connectivity index (χ1v) is 7.31. The zero-order valence-electron chi connectivity index (χ0n) is 12.8. The van der Waals surface area contributed by atoms with Crippen molar-refractivity contribution in [3.63, 3.8) is 0 Å². The summed E-state index contributed by atoms with van der Waals surface area (Å²) < 4.78 is 16.2. The first-order chi connectivity index (χ1) is 9.38. The minimum absolute atomic E-state index is 0.00265. The van der Waals surface area contributed by atoms with Gasteiger partial charge < -0.3 is 9.67 Å². The number of rotatable bonds is 4. The molecule has 3 heteroatoms. The van der Waals surface area contributed by atoms with E-state index in [1.165, 1.54) is 5.69 Å². The molecule has 0 aliphatic rings. The smallest absolute Gasteiger partial charge is 0.128 e. The van der Waals surface area contributed by atoms with Crippen LogP contribution in [-0.4, -0.2) is 16.3 Å². The Hall–Kier alpha value is -1.35. The van der Waals surface area contributed by atoms with Crippen molar-refractivity contribution in [3.05, 3.63) is 35.3 Å². The third-order valence-corrected chi connectivity index (χ3v) is 3.76. The highest BCUT2D eigenvalue weighted by atomic mass is 19.1. The first kappa shape index (κ1) is 15.0. The van der Waals surface area contributed by atoms with Crippen LogP contribution in [0.15, 0.2) is 18.2 Å². The molecule has 1 aromatic carbocycles. The molecule has 0 bridgehead atoms. The number of halogens is 1. The molecule has 0 saturated heterocycles. The topological polar surface area (TPSA) is 25.2 Å². The van der Waals surface area contributed by atoms with Crippen LogP contribution in [0.4, 0.5) is 4.39 Å². The summed E-state index contributed by atoms with van der Waals surface area (Å²) in [4.78, 5) is 0. The summed E-state index contributed by atoms with van der Waals surface area (Å²) in [6.07, 6.45) is 1.39. The van der Waals surface area contributed by atoms with Crippen LogP contribution in [0, 0.1) is 5.82 Å². The summed E-state index contributed by atoms with van der Waals surface area (Å²) in [6.45, 7) is 9.32. The Morgan fingerprint density at radius 2 is 1.90 bits per heavy atom. The second-order valence-electron chi connectivity index (χ2n) is 6.36. The number of aromatic nitrogens is 1. The lowest BCUT2D eigenvalue weighted by Crippen LogP contribution is -2.18. The minimum atomic E-state index is -0.135. The zero-order valence-corrected chi connectivity index (χ0v) is 12.8. The van der Waals surface area contributed by atoms with E-state index < -0.39 is 0 Å². The summed E-state index contributed by atoms with van der Waals surface area (Å²) >= 11 is 0. The molecule has 0 unspecified atom stereocenters. The molecule has 2 rings (SSSR count). The lowest BCUT2D eigenvalue weighted by molar-refractivity contribution is 0.279. The fourth-order valence-electron chi connectivity index (χ4n) is 2.69. The molecule has 0 atom stereocenters. The van der Waals surface area contributed by atoms with E-state index in [1.54, 1.807) is 6.07 Å². The van der Waals surface area contributed by atoms with Gasteiger partial charge in [-0.15, -0.1) is 0 Å². The van der Waals surface area contributed by atoms with Crippen LogP contribution in [0.2, 0.25) is 0 Å². The number of nitrogens with zero attached hydrogens (tertiary/aromatic N) is 1. The summed E-state index contributed by atoms with van der Waals surface area (Å²) in [7, 11) is 0. The first-order valence-electron chi connectivity index (χ1n) is 7.31. The number of hydrogen-bond donors (Lipinski definition) is 1. The van der Waals surface area contributed by atoms with E-state index in [9.17, 15) is 4.39 Å². The SMILES string of the molecule is CCc1cc2cc(C(C)(C)C)n(CCCO)c2cc1F. The van der Waals surface area contributed by atoms with Crippen LogP contribution in [0.3, 0.4) is 0 Å². The molecule has 1 heterocycles. The Kier molecular flexibility index (Phi) is 4.19. The van der Waals surface area contributed by atoms with E-state index in [4.69, 9.17) is 5.11 Å². The van der Waals surface area contributed by atoms with E-state index >= 15 is 0 Å². The molecule has 20 heavy (non-hydrogen) atoms. The Balaban J connectivity index is 2.66.